The van der Waals surface area contributed by atoms with Gasteiger partial charge in [-0.1, -0.05) is 30.3 Å². The van der Waals surface area contributed by atoms with Crippen LogP contribution in [0.4, 0.5) is 5.69 Å². The quantitative estimate of drug-likeness (QED) is 0.838. The summed E-state index contributed by atoms with van der Waals surface area (Å²) < 4.78 is 5.62. The SMILES string of the molecule is CC(C)Oc1ccc(NCCc2ccccc2)cc1. The van der Waals surface area contributed by atoms with Crippen LogP contribution in [0, 0.1) is 0 Å². The number of hydrogen-bond acceptors (Lipinski definition) is 2. The number of ether oxygens (including phenoxy) is 1. The summed E-state index contributed by atoms with van der Waals surface area (Å²) in [7, 11) is 0. The Hall–Kier alpha value is -1.96. The molecule has 2 aromatic rings. The minimum Gasteiger partial charge on any atom is -0.491 e. The van der Waals surface area contributed by atoms with Crippen molar-refractivity contribution in [3.05, 3.63) is 60.2 Å². The van der Waals surface area contributed by atoms with E-state index in [-0.39, 0.29) is 6.10 Å². The summed E-state index contributed by atoms with van der Waals surface area (Å²) in [5.41, 5.74) is 2.49. The van der Waals surface area contributed by atoms with Gasteiger partial charge in [-0.2, -0.15) is 0 Å². The zero-order valence-electron chi connectivity index (χ0n) is 11.6. The van der Waals surface area contributed by atoms with Crippen LogP contribution in [0.1, 0.15) is 19.4 Å². The normalized spacial score (nSPS) is 10.5. The molecule has 0 aliphatic carbocycles. The standard InChI is InChI=1S/C17H21NO/c1-14(2)19-17-10-8-16(9-11-17)18-13-12-15-6-4-3-5-7-15/h3-11,14,18H,12-13H2,1-2H3. The monoisotopic (exact) mass is 255 g/mol. The number of rotatable bonds is 6. The summed E-state index contributed by atoms with van der Waals surface area (Å²) in [6.07, 6.45) is 1.25. The highest BCUT2D eigenvalue weighted by Gasteiger charge is 1.98. The molecule has 0 atom stereocenters. The molecule has 1 N–H and O–H groups in total. The van der Waals surface area contributed by atoms with Gasteiger partial charge < -0.3 is 10.1 Å². The van der Waals surface area contributed by atoms with E-state index in [0.29, 0.717) is 0 Å². The molecule has 0 fully saturated rings. The Kier molecular flexibility index (Phi) is 4.85. The van der Waals surface area contributed by atoms with Gasteiger partial charge in [0.05, 0.1) is 6.10 Å². The number of anilines is 1. The third kappa shape index (κ3) is 4.66. The molecule has 0 bridgehead atoms. The molecule has 0 aliphatic rings. The van der Waals surface area contributed by atoms with Crippen molar-refractivity contribution in [2.75, 3.05) is 11.9 Å². The molecule has 0 aromatic heterocycles. The Morgan fingerprint density at radius 3 is 2.26 bits per heavy atom. The van der Waals surface area contributed by atoms with Gasteiger partial charge in [-0.05, 0) is 50.1 Å². The van der Waals surface area contributed by atoms with Crippen molar-refractivity contribution in [1.29, 1.82) is 0 Å². The summed E-state index contributed by atoms with van der Waals surface area (Å²) in [6.45, 7) is 5.01. The molecule has 2 aromatic carbocycles. The van der Waals surface area contributed by atoms with Crippen molar-refractivity contribution in [2.24, 2.45) is 0 Å². The molecule has 0 amide bonds. The first-order valence-electron chi connectivity index (χ1n) is 6.78. The van der Waals surface area contributed by atoms with E-state index in [1.807, 2.05) is 32.0 Å². The molecule has 2 heteroatoms. The topological polar surface area (TPSA) is 21.3 Å². The molecule has 0 aliphatic heterocycles. The van der Waals surface area contributed by atoms with Crippen LogP contribution in [0.3, 0.4) is 0 Å². The van der Waals surface area contributed by atoms with Gasteiger partial charge in [0.1, 0.15) is 5.75 Å². The van der Waals surface area contributed by atoms with Crippen LogP contribution in [-0.2, 0) is 6.42 Å². The molecule has 0 saturated heterocycles. The van der Waals surface area contributed by atoms with Crippen LogP contribution in [0.5, 0.6) is 5.75 Å². The molecular weight excluding hydrogens is 234 g/mol. The second kappa shape index (κ2) is 6.83. The summed E-state index contributed by atoms with van der Waals surface area (Å²) >= 11 is 0. The number of nitrogens with one attached hydrogen (secondary N) is 1. The van der Waals surface area contributed by atoms with E-state index in [2.05, 4.69) is 41.7 Å². The fraction of sp³-hybridized carbons (Fsp3) is 0.294. The molecule has 0 saturated carbocycles. The average molecular weight is 255 g/mol. The van der Waals surface area contributed by atoms with Crippen LogP contribution < -0.4 is 10.1 Å². The van der Waals surface area contributed by atoms with E-state index in [1.165, 1.54) is 5.56 Å². The Morgan fingerprint density at radius 1 is 0.947 bits per heavy atom. The molecule has 2 nitrogen and oxygen atoms in total. The van der Waals surface area contributed by atoms with Crippen molar-refractivity contribution in [1.82, 2.24) is 0 Å². The zero-order valence-corrected chi connectivity index (χ0v) is 11.6. The fourth-order valence-electron chi connectivity index (χ4n) is 1.92. The summed E-state index contributed by atoms with van der Waals surface area (Å²) in [4.78, 5) is 0. The van der Waals surface area contributed by atoms with Crippen LogP contribution in [-0.4, -0.2) is 12.6 Å². The van der Waals surface area contributed by atoms with Gasteiger partial charge in [0.2, 0.25) is 0 Å². The third-order valence-corrected chi connectivity index (χ3v) is 2.81. The predicted molar refractivity (Wildman–Crippen MR) is 80.8 cm³/mol. The van der Waals surface area contributed by atoms with E-state index in [9.17, 15) is 0 Å². The zero-order chi connectivity index (χ0) is 13.5. The molecule has 0 radical (unpaired) electrons. The van der Waals surface area contributed by atoms with Gasteiger partial charge >= 0.3 is 0 Å². The van der Waals surface area contributed by atoms with E-state index in [0.717, 1.165) is 24.4 Å². The minimum absolute atomic E-state index is 0.219. The van der Waals surface area contributed by atoms with Crippen LogP contribution in [0.15, 0.2) is 54.6 Å². The molecule has 0 unspecified atom stereocenters. The Labute approximate surface area is 115 Å². The molecule has 100 valence electrons. The number of benzene rings is 2. The Morgan fingerprint density at radius 2 is 1.63 bits per heavy atom. The molecule has 19 heavy (non-hydrogen) atoms. The summed E-state index contributed by atoms with van der Waals surface area (Å²) in [5.74, 6) is 0.920. The van der Waals surface area contributed by atoms with Crippen LogP contribution in [0.25, 0.3) is 0 Å². The second-order valence-corrected chi connectivity index (χ2v) is 4.85. The highest BCUT2D eigenvalue weighted by Crippen LogP contribution is 2.16. The minimum atomic E-state index is 0.219. The maximum Gasteiger partial charge on any atom is 0.119 e. The maximum absolute atomic E-state index is 5.62. The van der Waals surface area contributed by atoms with Gasteiger partial charge in [-0.15, -0.1) is 0 Å². The molecule has 0 heterocycles. The van der Waals surface area contributed by atoms with Crippen molar-refractivity contribution in [2.45, 2.75) is 26.4 Å². The largest absolute Gasteiger partial charge is 0.491 e. The Balaban J connectivity index is 1.80. The first-order valence-corrected chi connectivity index (χ1v) is 6.78. The molecular formula is C17H21NO. The lowest BCUT2D eigenvalue weighted by Gasteiger charge is -2.11. The lowest BCUT2D eigenvalue weighted by molar-refractivity contribution is 0.242. The van der Waals surface area contributed by atoms with Crippen LogP contribution in [0.2, 0.25) is 0 Å². The van der Waals surface area contributed by atoms with Gasteiger partial charge in [0.25, 0.3) is 0 Å². The van der Waals surface area contributed by atoms with E-state index >= 15 is 0 Å². The van der Waals surface area contributed by atoms with Crippen LogP contribution >= 0.6 is 0 Å². The fourth-order valence-corrected chi connectivity index (χ4v) is 1.92. The smallest absolute Gasteiger partial charge is 0.119 e. The van der Waals surface area contributed by atoms with Crippen molar-refractivity contribution in [3.63, 3.8) is 0 Å². The second-order valence-electron chi connectivity index (χ2n) is 4.85. The van der Waals surface area contributed by atoms with Crippen molar-refractivity contribution in [3.8, 4) is 5.75 Å². The van der Waals surface area contributed by atoms with E-state index in [1.54, 1.807) is 0 Å². The van der Waals surface area contributed by atoms with Crippen molar-refractivity contribution >= 4 is 5.69 Å². The van der Waals surface area contributed by atoms with E-state index in [4.69, 9.17) is 4.74 Å². The first-order chi connectivity index (χ1) is 9.24. The summed E-state index contributed by atoms with van der Waals surface area (Å²) in [6, 6.07) is 18.6. The average Bonchev–Trinajstić information content (AvgIpc) is 2.41. The first kappa shape index (κ1) is 13.5. The van der Waals surface area contributed by atoms with Gasteiger partial charge in [0, 0.05) is 12.2 Å². The molecule has 0 spiro atoms. The highest BCUT2D eigenvalue weighted by molar-refractivity contribution is 5.46. The lowest BCUT2D eigenvalue weighted by Crippen LogP contribution is -2.06. The number of hydrogen-bond donors (Lipinski definition) is 1. The predicted octanol–water partition coefficient (Wildman–Crippen LogP) is 4.13. The third-order valence-electron chi connectivity index (χ3n) is 2.81. The van der Waals surface area contributed by atoms with Gasteiger partial charge in [-0.3, -0.25) is 0 Å². The highest BCUT2D eigenvalue weighted by atomic mass is 16.5. The van der Waals surface area contributed by atoms with E-state index < -0.39 is 0 Å². The van der Waals surface area contributed by atoms with Crippen molar-refractivity contribution < 1.29 is 4.74 Å². The van der Waals surface area contributed by atoms with Gasteiger partial charge in [-0.25, -0.2) is 0 Å². The lowest BCUT2D eigenvalue weighted by atomic mass is 10.1. The maximum atomic E-state index is 5.62. The Bertz CT molecular complexity index is 476. The van der Waals surface area contributed by atoms with Gasteiger partial charge in [0.15, 0.2) is 0 Å². The molecule has 2 rings (SSSR count). The summed E-state index contributed by atoms with van der Waals surface area (Å²) in [5, 5.41) is 3.42.